The number of rotatable bonds is 4. The molecule has 1 aromatic rings. The molecule has 21 heavy (non-hydrogen) atoms. The Balaban J connectivity index is 2.48. The van der Waals surface area contributed by atoms with Crippen LogP contribution in [0.1, 0.15) is 25.5 Å². The van der Waals surface area contributed by atoms with Gasteiger partial charge in [-0.1, -0.05) is 0 Å². The van der Waals surface area contributed by atoms with Crippen molar-refractivity contribution in [2.24, 2.45) is 0 Å². The van der Waals surface area contributed by atoms with E-state index < -0.39 is 12.2 Å². The average molecular weight is 296 g/mol. The van der Waals surface area contributed by atoms with E-state index in [4.69, 9.17) is 9.47 Å². The first kappa shape index (κ1) is 16.1. The Morgan fingerprint density at radius 1 is 1.10 bits per heavy atom. The van der Waals surface area contributed by atoms with Gasteiger partial charge in [0.25, 0.3) is 0 Å². The second-order valence-corrected chi connectivity index (χ2v) is 5.94. The van der Waals surface area contributed by atoms with Gasteiger partial charge in [-0.25, -0.2) is 0 Å². The molecule has 1 aliphatic rings. The highest BCUT2D eigenvalue weighted by Crippen LogP contribution is 2.44. The van der Waals surface area contributed by atoms with E-state index >= 15 is 0 Å². The van der Waals surface area contributed by atoms with E-state index in [1.807, 2.05) is 25.1 Å². The van der Waals surface area contributed by atoms with Gasteiger partial charge in [-0.3, -0.25) is 0 Å². The number of quaternary nitrogens is 1. The van der Waals surface area contributed by atoms with Gasteiger partial charge < -0.3 is 24.2 Å². The van der Waals surface area contributed by atoms with Crippen molar-refractivity contribution in [2.45, 2.75) is 38.1 Å². The van der Waals surface area contributed by atoms with Crippen LogP contribution in [0.15, 0.2) is 18.2 Å². The lowest BCUT2D eigenvalue weighted by molar-refractivity contribution is -0.948. The molecule has 1 fully saturated rings. The number of benzene rings is 1. The van der Waals surface area contributed by atoms with Crippen molar-refractivity contribution in [3.63, 3.8) is 0 Å². The molecule has 0 radical (unpaired) electrons. The summed E-state index contributed by atoms with van der Waals surface area (Å²) in [7, 11) is 5.27. The van der Waals surface area contributed by atoms with Crippen LogP contribution in [0.4, 0.5) is 0 Å². The molecule has 1 aliphatic heterocycles. The molecule has 5 heteroatoms. The maximum absolute atomic E-state index is 10.5. The molecule has 2 rings (SSSR count). The van der Waals surface area contributed by atoms with Crippen molar-refractivity contribution in [2.75, 3.05) is 27.8 Å². The minimum absolute atomic E-state index is 0.0249. The molecule has 0 spiro atoms. The molecule has 5 nitrogen and oxygen atoms in total. The molecule has 1 saturated heterocycles. The van der Waals surface area contributed by atoms with Crippen LogP contribution in [-0.2, 0) is 0 Å². The minimum atomic E-state index is -0.789. The van der Waals surface area contributed by atoms with E-state index in [1.54, 1.807) is 14.2 Å². The molecule has 0 saturated carbocycles. The first-order chi connectivity index (χ1) is 9.90. The van der Waals surface area contributed by atoms with Crippen LogP contribution in [0.5, 0.6) is 11.5 Å². The molecule has 0 bridgehead atoms. The molecular weight excluding hydrogens is 270 g/mol. The quantitative estimate of drug-likeness (QED) is 0.823. The predicted octanol–water partition coefficient (Wildman–Crippen LogP) is 1.34. The maximum Gasteiger partial charge on any atom is 0.161 e. The first-order valence-electron chi connectivity index (χ1n) is 7.33. The zero-order valence-corrected chi connectivity index (χ0v) is 13.4. The molecule has 0 aliphatic carbocycles. The largest absolute Gasteiger partial charge is 0.493 e. The van der Waals surface area contributed by atoms with Crippen LogP contribution in [0.3, 0.4) is 0 Å². The minimum Gasteiger partial charge on any atom is -0.493 e. The predicted molar refractivity (Wildman–Crippen MR) is 80.5 cm³/mol. The Kier molecular flexibility index (Phi) is 4.46. The maximum atomic E-state index is 10.5. The van der Waals surface area contributed by atoms with E-state index in [2.05, 4.69) is 14.0 Å². The summed E-state index contributed by atoms with van der Waals surface area (Å²) in [6.07, 6.45) is -1.52. The third-order valence-corrected chi connectivity index (χ3v) is 5.16. The SMILES string of the molecule is CC[N@+]1(C)[C@H](C)[C@@H](O)[C@H](O)[C@@H]1c1ccc(OC)c(OC)c1. The topological polar surface area (TPSA) is 58.9 Å². The first-order valence-corrected chi connectivity index (χ1v) is 7.33. The third kappa shape index (κ3) is 2.39. The van der Waals surface area contributed by atoms with Crippen molar-refractivity contribution in [1.82, 2.24) is 0 Å². The summed E-state index contributed by atoms with van der Waals surface area (Å²) in [6.45, 7) is 4.89. The Labute approximate surface area is 126 Å². The fraction of sp³-hybridized carbons (Fsp3) is 0.625. The molecule has 5 atom stereocenters. The van der Waals surface area contributed by atoms with Crippen molar-refractivity contribution in [1.29, 1.82) is 0 Å². The zero-order chi connectivity index (χ0) is 15.8. The molecule has 2 N–H and O–H groups in total. The number of hydrogen-bond donors (Lipinski definition) is 2. The zero-order valence-electron chi connectivity index (χ0n) is 13.4. The van der Waals surface area contributed by atoms with Crippen molar-refractivity contribution < 1.29 is 24.2 Å². The number of ether oxygens (including phenoxy) is 2. The van der Waals surface area contributed by atoms with E-state index in [0.29, 0.717) is 16.0 Å². The van der Waals surface area contributed by atoms with Gasteiger partial charge in [0.05, 0.1) is 27.8 Å². The van der Waals surface area contributed by atoms with Gasteiger partial charge in [-0.2, -0.15) is 0 Å². The Bertz CT molecular complexity index is 507. The number of likely N-dealkylation sites (N-methyl/N-ethyl adjacent to an activating group) is 1. The fourth-order valence-corrected chi connectivity index (χ4v) is 3.48. The monoisotopic (exact) mass is 296 g/mol. The third-order valence-electron chi connectivity index (χ3n) is 5.16. The van der Waals surface area contributed by atoms with Crippen LogP contribution in [0, 0.1) is 0 Å². The Morgan fingerprint density at radius 3 is 2.24 bits per heavy atom. The normalized spacial score (nSPS) is 35.8. The summed E-state index contributed by atoms with van der Waals surface area (Å²) < 4.78 is 11.2. The standard InChI is InChI=1S/C16H26NO4/c1-6-17(3)10(2)15(18)16(19)14(17)11-7-8-12(20-4)13(9-11)21-5/h7-10,14-16,18-19H,6H2,1-5H3/q+1/t10-,14+,15-,16-,17-/m1/s1. The van der Waals surface area contributed by atoms with Gasteiger partial charge in [0.1, 0.15) is 24.3 Å². The summed E-state index contributed by atoms with van der Waals surface area (Å²) >= 11 is 0. The van der Waals surface area contributed by atoms with E-state index in [-0.39, 0.29) is 12.1 Å². The summed E-state index contributed by atoms with van der Waals surface area (Å²) in [5, 5.41) is 20.8. The lowest BCUT2D eigenvalue weighted by atomic mass is 9.99. The highest BCUT2D eigenvalue weighted by Gasteiger charge is 2.55. The molecule has 118 valence electrons. The molecule has 0 aromatic heterocycles. The highest BCUT2D eigenvalue weighted by molar-refractivity contribution is 5.44. The van der Waals surface area contributed by atoms with Gasteiger partial charge >= 0.3 is 0 Å². The smallest absolute Gasteiger partial charge is 0.161 e. The van der Waals surface area contributed by atoms with Crippen LogP contribution < -0.4 is 9.47 Å². The number of nitrogens with zero attached hydrogens (tertiary/aromatic N) is 1. The Hall–Kier alpha value is -1.30. The molecule has 1 aromatic carbocycles. The van der Waals surface area contributed by atoms with E-state index in [1.165, 1.54) is 0 Å². The summed E-state index contributed by atoms with van der Waals surface area (Å²) in [6, 6.07) is 5.47. The van der Waals surface area contributed by atoms with Gasteiger partial charge in [0.2, 0.25) is 0 Å². The van der Waals surface area contributed by atoms with Crippen LogP contribution in [0.2, 0.25) is 0 Å². The number of methoxy groups -OCH3 is 2. The van der Waals surface area contributed by atoms with E-state index in [0.717, 1.165) is 12.1 Å². The summed E-state index contributed by atoms with van der Waals surface area (Å²) in [5.74, 6) is 1.30. The van der Waals surface area contributed by atoms with Gasteiger partial charge in [-0.05, 0) is 32.0 Å². The number of likely N-dealkylation sites (tertiary alicyclic amines) is 1. The van der Waals surface area contributed by atoms with Gasteiger partial charge in [0, 0.05) is 5.56 Å². The van der Waals surface area contributed by atoms with Crippen molar-refractivity contribution >= 4 is 0 Å². The van der Waals surface area contributed by atoms with Crippen molar-refractivity contribution in [3.05, 3.63) is 23.8 Å². The van der Waals surface area contributed by atoms with E-state index in [9.17, 15) is 10.2 Å². The Morgan fingerprint density at radius 2 is 1.71 bits per heavy atom. The van der Waals surface area contributed by atoms with Crippen LogP contribution in [0.25, 0.3) is 0 Å². The van der Waals surface area contributed by atoms with Crippen LogP contribution in [-0.4, -0.2) is 60.8 Å². The average Bonchev–Trinajstić information content (AvgIpc) is 2.68. The highest BCUT2D eigenvalue weighted by atomic mass is 16.5. The fourth-order valence-electron chi connectivity index (χ4n) is 3.48. The number of aliphatic hydroxyl groups is 2. The van der Waals surface area contributed by atoms with Gasteiger partial charge in [-0.15, -0.1) is 0 Å². The lowest BCUT2D eigenvalue weighted by Gasteiger charge is -2.39. The molecule has 1 heterocycles. The second-order valence-electron chi connectivity index (χ2n) is 5.94. The number of aliphatic hydroxyl groups excluding tert-OH is 2. The lowest BCUT2D eigenvalue weighted by Crippen LogP contribution is -2.50. The molecular formula is C16H26NO4+. The summed E-state index contributed by atoms with van der Waals surface area (Å²) in [5.41, 5.74) is 0.952. The van der Waals surface area contributed by atoms with Crippen LogP contribution >= 0.6 is 0 Å². The van der Waals surface area contributed by atoms with Crippen molar-refractivity contribution in [3.8, 4) is 11.5 Å². The molecule has 0 unspecified atom stereocenters. The molecule has 0 amide bonds. The number of hydrogen-bond acceptors (Lipinski definition) is 4. The van der Waals surface area contributed by atoms with Gasteiger partial charge in [0.15, 0.2) is 11.5 Å². The second kappa shape index (κ2) is 5.83. The summed E-state index contributed by atoms with van der Waals surface area (Å²) in [4.78, 5) is 0.